The Bertz CT molecular complexity index is 278. The number of hydrogen-bond acceptors (Lipinski definition) is 2. The molecule has 1 aromatic rings. The second-order valence-electron chi connectivity index (χ2n) is 2.63. The standard InChI is InChI=1S/C9H11F2NS/c10-7-2-3-8(11)9(6-7)12-4-1-5-13/h2-3,6,12-13H,1,4-5H2. The fourth-order valence-corrected chi connectivity index (χ4v) is 1.09. The van der Waals surface area contributed by atoms with Crippen molar-refractivity contribution in [1.29, 1.82) is 0 Å². The van der Waals surface area contributed by atoms with E-state index in [0.717, 1.165) is 30.4 Å². The number of benzene rings is 1. The van der Waals surface area contributed by atoms with Crippen molar-refractivity contribution >= 4 is 18.3 Å². The summed E-state index contributed by atoms with van der Waals surface area (Å²) in [6, 6.07) is 3.35. The van der Waals surface area contributed by atoms with E-state index >= 15 is 0 Å². The monoisotopic (exact) mass is 203 g/mol. The highest BCUT2D eigenvalue weighted by Crippen LogP contribution is 2.14. The molecule has 0 aliphatic rings. The summed E-state index contributed by atoms with van der Waals surface area (Å²) in [5.74, 6) is -0.139. The van der Waals surface area contributed by atoms with Crippen LogP contribution in [0.5, 0.6) is 0 Å². The van der Waals surface area contributed by atoms with Gasteiger partial charge in [0.2, 0.25) is 0 Å². The Morgan fingerprint density at radius 3 is 2.77 bits per heavy atom. The molecule has 0 fully saturated rings. The molecule has 0 aromatic heterocycles. The minimum Gasteiger partial charge on any atom is -0.383 e. The Hall–Kier alpha value is -0.770. The lowest BCUT2D eigenvalue weighted by atomic mass is 10.3. The molecule has 0 spiro atoms. The second kappa shape index (κ2) is 5.07. The fourth-order valence-electron chi connectivity index (χ4n) is 0.935. The summed E-state index contributed by atoms with van der Waals surface area (Å²) in [6.07, 6.45) is 0.819. The van der Waals surface area contributed by atoms with Crippen LogP contribution in [0.25, 0.3) is 0 Å². The summed E-state index contributed by atoms with van der Waals surface area (Å²) < 4.78 is 25.6. The number of hydrogen-bond donors (Lipinski definition) is 2. The van der Waals surface area contributed by atoms with Gasteiger partial charge in [0, 0.05) is 6.54 Å². The van der Waals surface area contributed by atoms with Crippen molar-refractivity contribution < 1.29 is 8.78 Å². The Balaban J connectivity index is 2.59. The van der Waals surface area contributed by atoms with Gasteiger partial charge < -0.3 is 5.32 Å². The van der Waals surface area contributed by atoms with Crippen LogP contribution in [0.3, 0.4) is 0 Å². The third-order valence-corrected chi connectivity index (χ3v) is 1.89. The molecule has 1 rings (SSSR count). The van der Waals surface area contributed by atoms with Gasteiger partial charge >= 0.3 is 0 Å². The molecule has 0 bridgehead atoms. The van der Waals surface area contributed by atoms with Crippen molar-refractivity contribution in [1.82, 2.24) is 0 Å². The van der Waals surface area contributed by atoms with Gasteiger partial charge in [-0.1, -0.05) is 0 Å². The largest absolute Gasteiger partial charge is 0.383 e. The molecule has 4 heteroatoms. The first-order chi connectivity index (χ1) is 6.24. The maximum absolute atomic E-state index is 12.9. The van der Waals surface area contributed by atoms with Gasteiger partial charge in [0.1, 0.15) is 11.6 Å². The summed E-state index contributed by atoms with van der Waals surface area (Å²) in [6.45, 7) is 0.601. The van der Waals surface area contributed by atoms with Gasteiger partial charge in [0.25, 0.3) is 0 Å². The van der Waals surface area contributed by atoms with Crippen LogP contribution in [-0.2, 0) is 0 Å². The second-order valence-corrected chi connectivity index (χ2v) is 3.08. The normalized spacial score (nSPS) is 10.1. The van der Waals surface area contributed by atoms with Crippen LogP contribution in [0, 0.1) is 11.6 Å². The lowest BCUT2D eigenvalue weighted by Crippen LogP contribution is -2.04. The molecule has 0 saturated heterocycles. The first-order valence-corrected chi connectivity index (χ1v) is 4.67. The van der Waals surface area contributed by atoms with E-state index in [0.29, 0.717) is 6.54 Å². The maximum Gasteiger partial charge on any atom is 0.146 e. The van der Waals surface area contributed by atoms with Crippen LogP contribution in [0.1, 0.15) is 6.42 Å². The molecule has 0 heterocycles. The predicted octanol–water partition coefficient (Wildman–Crippen LogP) is 2.70. The number of anilines is 1. The minimum atomic E-state index is -0.435. The van der Waals surface area contributed by atoms with Crippen molar-refractivity contribution in [2.75, 3.05) is 17.6 Å². The van der Waals surface area contributed by atoms with Crippen molar-refractivity contribution in [2.24, 2.45) is 0 Å². The van der Waals surface area contributed by atoms with Crippen LogP contribution >= 0.6 is 12.6 Å². The highest BCUT2D eigenvalue weighted by molar-refractivity contribution is 7.80. The van der Waals surface area contributed by atoms with Crippen molar-refractivity contribution in [3.05, 3.63) is 29.8 Å². The Kier molecular flexibility index (Phi) is 4.02. The summed E-state index contributed by atoms with van der Waals surface area (Å²) in [4.78, 5) is 0. The van der Waals surface area contributed by atoms with Crippen molar-refractivity contribution in [3.8, 4) is 0 Å². The van der Waals surface area contributed by atoms with Gasteiger partial charge in [-0.05, 0) is 30.4 Å². The zero-order valence-corrected chi connectivity index (χ0v) is 7.95. The Morgan fingerprint density at radius 2 is 2.08 bits per heavy atom. The topological polar surface area (TPSA) is 12.0 Å². The van der Waals surface area contributed by atoms with Gasteiger partial charge in [-0.3, -0.25) is 0 Å². The van der Waals surface area contributed by atoms with Crippen LogP contribution < -0.4 is 5.32 Å². The van der Waals surface area contributed by atoms with Crippen molar-refractivity contribution in [3.63, 3.8) is 0 Å². The molecule has 0 unspecified atom stereocenters. The average molecular weight is 203 g/mol. The molecule has 1 nitrogen and oxygen atoms in total. The molecule has 1 N–H and O–H groups in total. The fraction of sp³-hybridized carbons (Fsp3) is 0.333. The molecule has 0 saturated carbocycles. The lowest BCUT2D eigenvalue weighted by Gasteiger charge is -2.05. The first-order valence-electron chi connectivity index (χ1n) is 4.04. The van der Waals surface area contributed by atoms with Gasteiger partial charge in [0.05, 0.1) is 5.69 Å². The summed E-state index contributed by atoms with van der Waals surface area (Å²) in [5, 5.41) is 2.79. The summed E-state index contributed by atoms with van der Waals surface area (Å²) in [5.41, 5.74) is 0.210. The van der Waals surface area contributed by atoms with Gasteiger partial charge in [-0.25, -0.2) is 8.78 Å². The number of rotatable bonds is 4. The number of halogens is 2. The zero-order chi connectivity index (χ0) is 9.68. The third kappa shape index (κ3) is 3.22. The Labute approximate surface area is 81.6 Å². The molecular weight excluding hydrogens is 192 g/mol. The summed E-state index contributed by atoms with van der Waals surface area (Å²) >= 11 is 4.01. The third-order valence-electron chi connectivity index (χ3n) is 1.58. The van der Waals surface area contributed by atoms with E-state index in [9.17, 15) is 8.78 Å². The maximum atomic E-state index is 12.9. The molecule has 1 aromatic carbocycles. The molecule has 0 aliphatic carbocycles. The van der Waals surface area contributed by atoms with E-state index < -0.39 is 11.6 Å². The number of nitrogens with one attached hydrogen (secondary N) is 1. The smallest absolute Gasteiger partial charge is 0.146 e. The van der Waals surface area contributed by atoms with E-state index in [1.165, 1.54) is 0 Å². The van der Waals surface area contributed by atoms with E-state index in [1.807, 2.05) is 0 Å². The molecule has 0 atom stereocenters. The molecule has 13 heavy (non-hydrogen) atoms. The van der Waals surface area contributed by atoms with E-state index in [-0.39, 0.29) is 5.69 Å². The molecular formula is C9H11F2NS. The minimum absolute atomic E-state index is 0.210. The molecule has 0 radical (unpaired) electrons. The Morgan fingerprint density at radius 1 is 1.31 bits per heavy atom. The molecule has 0 aliphatic heterocycles. The highest BCUT2D eigenvalue weighted by Gasteiger charge is 2.01. The summed E-state index contributed by atoms with van der Waals surface area (Å²) in [7, 11) is 0. The molecule has 0 amide bonds. The van der Waals surface area contributed by atoms with Crippen LogP contribution in [0.2, 0.25) is 0 Å². The lowest BCUT2D eigenvalue weighted by molar-refractivity contribution is 0.602. The van der Waals surface area contributed by atoms with E-state index in [2.05, 4.69) is 17.9 Å². The quantitative estimate of drug-likeness (QED) is 0.566. The first kappa shape index (κ1) is 10.3. The van der Waals surface area contributed by atoms with Crippen LogP contribution in [-0.4, -0.2) is 12.3 Å². The predicted molar refractivity (Wildman–Crippen MR) is 53.3 cm³/mol. The average Bonchev–Trinajstić information content (AvgIpc) is 2.11. The van der Waals surface area contributed by atoms with E-state index in [1.54, 1.807) is 0 Å². The van der Waals surface area contributed by atoms with Crippen LogP contribution in [0.4, 0.5) is 14.5 Å². The van der Waals surface area contributed by atoms with Gasteiger partial charge in [0.15, 0.2) is 0 Å². The number of thiol groups is 1. The van der Waals surface area contributed by atoms with Gasteiger partial charge in [-0.15, -0.1) is 0 Å². The highest BCUT2D eigenvalue weighted by atomic mass is 32.1. The van der Waals surface area contributed by atoms with Crippen molar-refractivity contribution in [2.45, 2.75) is 6.42 Å². The van der Waals surface area contributed by atoms with E-state index in [4.69, 9.17) is 0 Å². The van der Waals surface area contributed by atoms with Crippen LogP contribution in [0.15, 0.2) is 18.2 Å². The molecule has 72 valence electrons. The zero-order valence-electron chi connectivity index (χ0n) is 7.06. The SMILES string of the molecule is Fc1ccc(F)c(NCCCS)c1. The van der Waals surface area contributed by atoms with Gasteiger partial charge in [-0.2, -0.15) is 12.6 Å².